The summed E-state index contributed by atoms with van der Waals surface area (Å²) in [6.45, 7) is 4.69. The van der Waals surface area contributed by atoms with E-state index in [1.54, 1.807) is 0 Å². The van der Waals surface area contributed by atoms with E-state index in [1.807, 2.05) is 30.3 Å². The standard InChI is InChI=1S/C35H23N3O/c1-35(2)24-13-6-3-10-20(24)21-18-19-27-30(32(21)35)22-11-4-7-15-26(22)38(27)34-36-25-14-9-17-29-31(25)33(37-34)23-12-5-8-16-28(23)39-29/h3-19H,1-2H3. The lowest BCUT2D eigenvalue weighted by atomic mass is 9.80. The van der Waals surface area contributed by atoms with E-state index in [-0.39, 0.29) is 5.41 Å². The van der Waals surface area contributed by atoms with Gasteiger partial charge >= 0.3 is 0 Å². The molecule has 0 spiro atoms. The van der Waals surface area contributed by atoms with Gasteiger partial charge in [0.25, 0.3) is 0 Å². The van der Waals surface area contributed by atoms with Crippen LogP contribution in [0, 0.1) is 0 Å². The van der Waals surface area contributed by atoms with Gasteiger partial charge in [-0.25, -0.2) is 9.97 Å². The Balaban J connectivity index is 1.42. The normalized spacial score (nSPS) is 14.3. The van der Waals surface area contributed by atoms with Gasteiger partial charge in [0.15, 0.2) is 0 Å². The molecule has 0 fully saturated rings. The molecule has 3 heterocycles. The lowest BCUT2D eigenvalue weighted by Crippen LogP contribution is -2.15. The zero-order chi connectivity index (χ0) is 25.9. The average molecular weight is 502 g/mol. The van der Waals surface area contributed by atoms with Crippen molar-refractivity contribution in [3.05, 3.63) is 114 Å². The third-order valence-electron chi connectivity index (χ3n) is 8.59. The van der Waals surface area contributed by atoms with E-state index in [0.29, 0.717) is 5.95 Å². The Morgan fingerprint density at radius 3 is 2.31 bits per heavy atom. The number of para-hydroxylation sites is 2. The smallest absolute Gasteiger partial charge is 0.235 e. The Hall–Kier alpha value is -4.96. The third kappa shape index (κ3) is 2.58. The summed E-state index contributed by atoms with van der Waals surface area (Å²) < 4.78 is 8.48. The minimum Gasteiger partial charge on any atom is -0.456 e. The van der Waals surface area contributed by atoms with Crippen LogP contribution < -0.4 is 4.74 Å². The number of fused-ring (bicyclic) bond motifs is 9. The summed E-state index contributed by atoms with van der Waals surface area (Å²) in [4.78, 5) is 10.4. The predicted molar refractivity (Wildman–Crippen MR) is 157 cm³/mol. The van der Waals surface area contributed by atoms with Gasteiger partial charge in [0, 0.05) is 21.8 Å². The van der Waals surface area contributed by atoms with Crippen molar-refractivity contribution in [1.29, 1.82) is 0 Å². The van der Waals surface area contributed by atoms with Gasteiger partial charge in [-0.2, -0.15) is 0 Å². The van der Waals surface area contributed by atoms with Crippen molar-refractivity contribution >= 4 is 32.7 Å². The van der Waals surface area contributed by atoms with Crippen LogP contribution in [0.1, 0.15) is 25.0 Å². The van der Waals surface area contributed by atoms with Crippen LogP contribution in [-0.4, -0.2) is 14.5 Å². The number of aromatic nitrogens is 3. The molecule has 5 aromatic carbocycles. The van der Waals surface area contributed by atoms with Crippen molar-refractivity contribution in [2.45, 2.75) is 19.3 Å². The Labute approximate surface area is 225 Å². The van der Waals surface area contributed by atoms with E-state index in [0.717, 1.165) is 44.7 Å². The van der Waals surface area contributed by atoms with Gasteiger partial charge in [-0.15, -0.1) is 0 Å². The quantitative estimate of drug-likeness (QED) is 0.226. The molecule has 9 rings (SSSR count). The molecule has 0 amide bonds. The maximum absolute atomic E-state index is 6.24. The highest BCUT2D eigenvalue weighted by atomic mass is 16.5. The lowest BCUT2D eigenvalue weighted by Gasteiger charge is -2.22. The summed E-state index contributed by atoms with van der Waals surface area (Å²) in [5.74, 6) is 2.29. The maximum Gasteiger partial charge on any atom is 0.235 e. The third-order valence-corrected chi connectivity index (χ3v) is 8.59. The zero-order valence-electron chi connectivity index (χ0n) is 21.6. The minimum absolute atomic E-state index is 0.123. The summed E-state index contributed by atoms with van der Waals surface area (Å²) in [6, 6.07) is 36.2. The van der Waals surface area contributed by atoms with Crippen LogP contribution in [0.15, 0.2) is 103 Å². The number of benzene rings is 5. The zero-order valence-corrected chi connectivity index (χ0v) is 21.6. The molecule has 184 valence electrons. The first kappa shape index (κ1) is 21.0. The second-order valence-corrected chi connectivity index (χ2v) is 11.0. The number of rotatable bonds is 1. The van der Waals surface area contributed by atoms with Crippen molar-refractivity contribution in [2.75, 3.05) is 0 Å². The van der Waals surface area contributed by atoms with E-state index in [4.69, 9.17) is 14.7 Å². The molecule has 39 heavy (non-hydrogen) atoms. The summed E-state index contributed by atoms with van der Waals surface area (Å²) in [5, 5.41) is 3.46. The van der Waals surface area contributed by atoms with E-state index >= 15 is 0 Å². The van der Waals surface area contributed by atoms with Crippen molar-refractivity contribution in [3.63, 3.8) is 0 Å². The predicted octanol–water partition coefficient (Wildman–Crippen LogP) is 8.81. The topological polar surface area (TPSA) is 39.9 Å². The van der Waals surface area contributed by atoms with E-state index in [1.165, 1.54) is 33.0 Å². The average Bonchev–Trinajstić information content (AvgIpc) is 3.42. The van der Waals surface area contributed by atoms with Crippen molar-refractivity contribution in [3.8, 4) is 39.8 Å². The Bertz CT molecular complexity index is 2190. The highest BCUT2D eigenvalue weighted by molar-refractivity contribution is 6.14. The first-order valence-electron chi connectivity index (χ1n) is 13.4. The first-order chi connectivity index (χ1) is 19.1. The van der Waals surface area contributed by atoms with Gasteiger partial charge in [-0.1, -0.05) is 80.6 Å². The molecule has 0 saturated carbocycles. The molecule has 1 aliphatic carbocycles. The highest BCUT2D eigenvalue weighted by Crippen LogP contribution is 2.53. The monoisotopic (exact) mass is 501 g/mol. The number of nitrogens with zero attached hydrogens (tertiary/aromatic N) is 3. The molecule has 1 aliphatic heterocycles. The number of ether oxygens (including phenoxy) is 1. The van der Waals surface area contributed by atoms with Gasteiger partial charge in [0.1, 0.15) is 11.5 Å². The molecule has 0 N–H and O–H groups in total. The van der Waals surface area contributed by atoms with Gasteiger partial charge in [-0.3, -0.25) is 4.57 Å². The molecule has 0 unspecified atom stereocenters. The second kappa shape index (κ2) is 7.12. The molecule has 0 saturated heterocycles. The first-order valence-corrected chi connectivity index (χ1v) is 13.4. The summed E-state index contributed by atoms with van der Waals surface area (Å²) in [7, 11) is 0. The maximum atomic E-state index is 6.24. The molecule has 4 nitrogen and oxygen atoms in total. The summed E-state index contributed by atoms with van der Waals surface area (Å²) in [5.41, 5.74) is 10.3. The van der Waals surface area contributed by atoms with Crippen LogP contribution in [0.4, 0.5) is 0 Å². The fourth-order valence-electron chi connectivity index (χ4n) is 6.94. The Morgan fingerprint density at radius 2 is 1.38 bits per heavy atom. The van der Waals surface area contributed by atoms with Gasteiger partial charge in [-0.05, 0) is 58.7 Å². The SMILES string of the molecule is CC1(C)c2ccccc2-c2ccc3c(c21)c1ccccc1n3-c1nc2c3c(cccc3n1)Oc1ccccc1-2. The number of hydrogen-bond donors (Lipinski definition) is 0. The fraction of sp³-hybridized carbons (Fsp3) is 0.0857. The lowest BCUT2D eigenvalue weighted by molar-refractivity contribution is 0.486. The highest BCUT2D eigenvalue weighted by Gasteiger charge is 2.38. The van der Waals surface area contributed by atoms with Gasteiger partial charge in [0.05, 0.1) is 27.6 Å². The second-order valence-electron chi connectivity index (χ2n) is 11.0. The van der Waals surface area contributed by atoms with Crippen LogP contribution in [0.5, 0.6) is 11.5 Å². The fourth-order valence-corrected chi connectivity index (χ4v) is 6.94. The van der Waals surface area contributed by atoms with E-state index in [2.05, 4.69) is 91.2 Å². The van der Waals surface area contributed by atoms with Crippen LogP contribution in [0.3, 0.4) is 0 Å². The van der Waals surface area contributed by atoms with Crippen molar-refractivity contribution < 1.29 is 4.74 Å². The molecular formula is C35H23N3O. The van der Waals surface area contributed by atoms with Crippen molar-refractivity contribution in [2.24, 2.45) is 0 Å². The Morgan fingerprint density at radius 1 is 0.615 bits per heavy atom. The molecular weight excluding hydrogens is 478 g/mol. The summed E-state index contributed by atoms with van der Waals surface area (Å²) >= 11 is 0. The van der Waals surface area contributed by atoms with Gasteiger partial charge < -0.3 is 4.74 Å². The van der Waals surface area contributed by atoms with Gasteiger partial charge in [0.2, 0.25) is 5.95 Å². The summed E-state index contributed by atoms with van der Waals surface area (Å²) in [6.07, 6.45) is 0. The van der Waals surface area contributed by atoms with Crippen LogP contribution in [-0.2, 0) is 5.41 Å². The molecule has 0 atom stereocenters. The number of hydrogen-bond acceptors (Lipinski definition) is 3. The van der Waals surface area contributed by atoms with Crippen molar-refractivity contribution in [1.82, 2.24) is 14.5 Å². The molecule has 4 heteroatoms. The minimum atomic E-state index is -0.123. The molecule has 7 aromatic rings. The van der Waals surface area contributed by atoms with Crippen LogP contribution in [0.2, 0.25) is 0 Å². The van der Waals surface area contributed by atoms with Crippen LogP contribution in [0.25, 0.3) is 61.0 Å². The Kier molecular flexibility index (Phi) is 3.84. The molecule has 0 bridgehead atoms. The molecule has 2 aromatic heterocycles. The largest absolute Gasteiger partial charge is 0.456 e. The van der Waals surface area contributed by atoms with E-state index in [9.17, 15) is 0 Å². The van der Waals surface area contributed by atoms with Crippen LogP contribution >= 0.6 is 0 Å². The molecule has 2 aliphatic rings. The van der Waals surface area contributed by atoms with E-state index < -0.39 is 0 Å². The molecule has 0 radical (unpaired) electrons.